The Hall–Kier alpha value is -0.520. The van der Waals surface area contributed by atoms with Crippen LogP contribution in [0.2, 0.25) is 0 Å². The van der Waals surface area contributed by atoms with E-state index in [2.05, 4.69) is 31.2 Å². The van der Waals surface area contributed by atoms with Gasteiger partial charge in [-0.15, -0.1) is 0 Å². The van der Waals surface area contributed by atoms with Crippen molar-refractivity contribution in [2.45, 2.75) is 64.7 Å². The molecule has 0 amide bonds. The molecule has 0 spiro atoms. The average molecular weight is 206 g/mol. The summed E-state index contributed by atoms with van der Waals surface area (Å²) in [5.74, 6) is 0. The molecule has 0 nitrogen and oxygen atoms in total. The number of hydrogen-bond acceptors (Lipinski definition) is 0. The minimum Gasteiger partial charge on any atom is -0.0882 e. The second kappa shape index (κ2) is 13.5. The summed E-state index contributed by atoms with van der Waals surface area (Å²) in [6, 6.07) is 0. The van der Waals surface area contributed by atoms with Gasteiger partial charge in [0.1, 0.15) is 0 Å². The zero-order valence-electron chi connectivity index (χ0n) is 10.3. The van der Waals surface area contributed by atoms with E-state index in [1.807, 2.05) is 0 Å². The van der Waals surface area contributed by atoms with Gasteiger partial charge in [-0.1, -0.05) is 56.9 Å². The molecule has 0 aliphatic carbocycles. The summed E-state index contributed by atoms with van der Waals surface area (Å²) in [5, 5.41) is 0. The Bertz CT molecular complexity index is 153. The minimum atomic E-state index is 0.845. The largest absolute Gasteiger partial charge is 0.0882 e. The summed E-state index contributed by atoms with van der Waals surface area (Å²) >= 11 is 0. The van der Waals surface area contributed by atoms with Crippen molar-refractivity contribution in [3.05, 3.63) is 31.2 Å². The smallest absolute Gasteiger partial charge is 0.0169 e. The first-order valence-corrected chi connectivity index (χ1v) is 6.42. The molecule has 0 aromatic heterocycles. The molecule has 0 saturated heterocycles. The third-order valence-corrected chi connectivity index (χ3v) is 2.39. The molecule has 2 radical (unpaired) electrons. The Kier molecular flexibility index (Phi) is 13.0. The summed E-state index contributed by atoms with van der Waals surface area (Å²) in [7, 11) is 0. The fourth-order valence-corrected chi connectivity index (χ4v) is 1.43. The van der Waals surface area contributed by atoms with Crippen molar-refractivity contribution >= 4 is 0 Å². The van der Waals surface area contributed by atoms with Crippen LogP contribution in [0.15, 0.2) is 24.3 Å². The first kappa shape index (κ1) is 14.5. The van der Waals surface area contributed by atoms with E-state index in [1.165, 1.54) is 44.9 Å². The molecule has 0 N–H and O–H groups in total. The van der Waals surface area contributed by atoms with Crippen LogP contribution in [0.5, 0.6) is 0 Å². The lowest BCUT2D eigenvalue weighted by Crippen LogP contribution is -1.75. The number of hydrogen-bond donors (Lipinski definition) is 0. The Morgan fingerprint density at radius 1 is 0.800 bits per heavy atom. The van der Waals surface area contributed by atoms with Gasteiger partial charge in [-0.05, 0) is 39.0 Å². The van der Waals surface area contributed by atoms with Gasteiger partial charge in [0.15, 0.2) is 0 Å². The fourth-order valence-electron chi connectivity index (χ4n) is 1.43. The second-order valence-corrected chi connectivity index (χ2v) is 3.96. The van der Waals surface area contributed by atoms with Crippen molar-refractivity contribution in [2.75, 3.05) is 0 Å². The first-order chi connectivity index (χ1) is 7.41. The van der Waals surface area contributed by atoms with Gasteiger partial charge in [-0.25, -0.2) is 0 Å². The van der Waals surface area contributed by atoms with Gasteiger partial charge in [0, 0.05) is 0 Å². The molecule has 0 heteroatoms. The summed E-state index contributed by atoms with van der Waals surface area (Å²) < 4.78 is 0. The molecule has 0 fully saturated rings. The summed E-state index contributed by atoms with van der Waals surface area (Å²) in [6.45, 7) is 7.64. The molecule has 0 rings (SSSR count). The van der Waals surface area contributed by atoms with Crippen molar-refractivity contribution in [3.63, 3.8) is 0 Å². The molecule has 86 valence electrons. The van der Waals surface area contributed by atoms with Crippen LogP contribution >= 0.6 is 0 Å². The lowest BCUT2D eigenvalue weighted by atomic mass is 10.1. The monoisotopic (exact) mass is 206 g/mol. The van der Waals surface area contributed by atoms with Crippen LogP contribution in [-0.4, -0.2) is 0 Å². The maximum Gasteiger partial charge on any atom is -0.0169 e. The molecular formula is C15H26. The van der Waals surface area contributed by atoms with Crippen LogP contribution < -0.4 is 0 Å². The van der Waals surface area contributed by atoms with Crippen molar-refractivity contribution in [1.29, 1.82) is 0 Å². The van der Waals surface area contributed by atoms with E-state index in [0.717, 1.165) is 12.8 Å². The lowest BCUT2D eigenvalue weighted by molar-refractivity contribution is 0.651. The van der Waals surface area contributed by atoms with Crippen LogP contribution in [0, 0.1) is 6.92 Å². The van der Waals surface area contributed by atoms with E-state index in [-0.39, 0.29) is 0 Å². The van der Waals surface area contributed by atoms with Gasteiger partial charge in [0.25, 0.3) is 0 Å². The highest BCUT2D eigenvalue weighted by atomic mass is 13.9. The van der Waals surface area contributed by atoms with E-state index >= 15 is 0 Å². The van der Waals surface area contributed by atoms with Gasteiger partial charge >= 0.3 is 0 Å². The summed E-state index contributed by atoms with van der Waals surface area (Å²) in [5.41, 5.74) is 0. The fraction of sp³-hybridized carbons (Fsp3) is 0.667. The molecule has 15 heavy (non-hydrogen) atoms. The quantitative estimate of drug-likeness (QED) is 0.334. The van der Waals surface area contributed by atoms with Crippen LogP contribution in [0.3, 0.4) is 0 Å². The maximum atomic E-state index is 5.43. The van der Waals surface area contributed by atoms with Gasteiger partial charge in [0.05, 0.1) is 0 Å². The Labute approximate surface area is 96.5 Å². The predicted octanol–water partition coefficient (Wildman–Crippen LogP) is 5.34. The van der Waals surface area contributed by atoms with Crippen molar-refractivity contribution in [3.8, 4) is 0 Å². The van der Waals surface area contributed by atoms with E-state index in [4.69, 9.17) is 6.92 Å². The highest BCUT2D eigenvalue weighted by molar-refractivity contribution is 4.92. The molecule has 0 aliphatic heterocycles. The van der Waals surface area contributed by atoms with Gasteiger partial charge in [-0.2, -0.15) is 0 Å². The summed E-state index contributed by atoms with van der Waals surface area (Å²) in [4.78, 5) is 0. The number of allylic oxidation sites excluding steroid dienone is 4. The Balaban J connectivity index is 3.10. The van der Waals surface area contributed by atoms with E-state index < -0.39 is 0 Å². The van der Waals surface area contributed by atoms with Crippen LogP contribution in [0.25, 0.3) is 0 Å². The second-order valence-electron chi connectivity index (χ2n) is 3.96. The van der Waals surface area contributed by atoms with Gasteiger partial charge in [0.2, 0.25) is 0 Å². The average Bonchev–Trinajstić information content (AvgIpc) is 2.26. The zero-order chi connectivity index (χ0) is 11.2. The topological polar surface area (TPSA) is 0 Å². The molecule has 0 saturated carbocycles. The highest BCUT2D eigenvalue weighted by Crippen LogP contribution is 2.05. The highest BCUT2D eigenvalue weighted by Gasteiger charge is 1.85. The van der Waals surface area contributed by atoms with E-state index in [1.54, 1.807) is 0 Å². The Morgan fingerprint density at radius 3 is 2.13 bits per heavy atom. The zero-order valence-corrected chi connectivity index (χ0v) is 10.3. The molecule has 0 atom stereocenters. The van der Waals surface area contributed by atoms with Crippen molar-refractivity contribution in [1.82, 2.24) is 0 Å². The van der Waals surface area contributed by atoms with E-state index in [0.29, 0.717) is 0 Å². The molecular weight excluding hydrogens is 180 g/mol. The third kappa shape index (κ3) is 13.5. The Morgan fingerprint density at radius 2 is 1.47 bits per heavy atom. The third-order valence-electron chi connectivity index (χ3n) is 2.39. The normalized spacial score (nSPS) is 11.9. The first-order valence-electron chi connectivity index (χ1n) is 6.42. The van der Waals surface area contributed by atoms with Crippen LogP contribution in [0.1, 0.15) is 64.7 Å². The molecule has 0 aromatic rings. The maximum absolute atomic E-state index is 5.43. The lowest BCUT2D eigenvalue weighted by Gasteiger charge is -1.95. The minimum absolute atomic E-state index is 0.845. The van der Waals surface area contributed by atoms with Crippen LogP contribution in [0.4, 0.5) is 0 Å². The van der Waals surface area contributed by atoms with Crippen molar-refractivity contribution < 1.29 is 0 Å². The summed E-state index contributed by atoms with van der Waals surface area (Å²) in [6.07, 6.45) is 19.9. The standard InChI is InChI=1S/C15H26/c1-3-5-7-9-11-13-15-14-12-10-8-6-4-2/h1,8,10,14-15H,3-7,9,11-13H2,2H3/b10-8-,15-14-. The van der Waals surface area contributed by atoms with Gasteiger partial charge in [-0.3, -0.25) is 0 Å². The molecule has 0 bridgehead atoms. The number of rotatable bonds is 10. The predicted molar refractivity (Wildman–Crippen MR) is 69.8 cm³/mol. The molecule has 0 aliphatic rings. The molecule has 0 aromatic carbocycles. The molecule has 0 heterocycles. The van der Waals surface area contributed by atoms with Gasteiger partial charge < -0.3 is 0 Å². The van der Waals surface area contributed by atoms with Crippen LogP contribution in [-0.2, 0) is 0 Å². The van der Waals surface area contributed by atoms with E-state index in [9.17, 15) is 0 Å². The SMILES string of the molecule is [CH]CCCCCC/C=C\C/C=C\CCC. The molecule has 0 unspecified atom stereocenters. The number of unbranched alkanes of at least 4 members (excludes halogenated alkanes) is 6. The van der Waals surface area contributed by atoms with Crippen molar-refractivity contribution in [2.24, 2.45) is 0 Å².